The molecule has 2 aliphatic rings. The highest BCUT2D eigenvalue weighted by atomic mass is 35.5. The molecule has 4 rings (SSSR count). The molecule has 0 atom stereocenters. The number of nitrogens with zero attached hydrogens (tertiary/aromatic N) is 2. The van der Waals surface area contributed by atoms with Crippen molar-refractivity contribution in [2.75, 3.05) is 37.7 Å². The Morgan fingerprint density at radius 2 is 1.92 bits per heavy atom. The molecular formula is C18H22ClN3OS. The smallest absolute Gasteiger partial charge is 0.270 e. The average molecular weight is 364 g/mol. The molecule has 3 heterocycles. The minimum absolute atomic E-state index is 0.0925. The highest BCUT2D eigenvalue weighted by molar-refractivity contribution is 7.99. The van der Waals surface area contributed by atoms with Gasteiger partial charge in [0.15, 0.2) is 0 Å². The number of H-pyrrole nitrogens is 1. The lowest BCUT2D eigenvalue weighted by molar-refractivity contribution is 0.0626. The molecular weight excluding hydrogens is 342 g/mol. The summed E-state index contributed by atoms with van der Waals surface area (Å²) >= 11 is 8.26. The molecule has 2 saturated heterocycles. The van der Waals surface area contributed by atoms with Crippen LogP contribution in [0.1, 0.15) is 23.3 Å². The second-order valence-corrected chi connectivity index (χ2v) is 8.19. The predicted molar refractivity (Wildman–Crippen MR) is 101 cm³/mol. The molecule has 0 saturated carbocycles. The van der Waals surface area contributed by atoms with Gasteiger partial charge in [-0.1, -0.05) is 17.7 Å². The lowest BCUT2D eigenvalue weighted by Gasteiger charge is -2.40. The molecule has 1 amide bonds. The normalized spacial score (nSPS) is 20.6. The number of thioether (sulfide) groups is 1. The Kier molecular flexibility index (Phi) is 4.74. The van der Waals surface area contributed by atoms with Gasteiger partial charge in [-0.2, -0.15) is 11.8 Å². The van der Waals surface area contributed by atoms with Crippen LogP contribution < -0.4 is 0 Å². The van der Waals surface area contributed by atoms with Crippen LogP contribution in [0.2, 0.25) is 5.02 Å². The Bertz CT molecular complexity index is 733. The Morgan fingerprint density at radius 1 is 1.17 bits per heavy atom. The molecule has 128 valence electrons. The molecule has 2 fully saturated rings. The van der Waals surface area contributed by atoms with E-state index in [1.54, 1.807) is 0 Å². The topological polar surface area (TPSA) is 39.3 Å². The molecule has 2 aromatic rings. The van der Waals surface area contributed by atoms with Gasteiger partial charge in [-0.15, -0.1) is 0 Å². The van der Waals surface area contributed by atoms with Gasteiger partial charge in [0.05, 0.1) is 0 Å². The van der Waals surface area contributed by atoms with Crippen LogP contribution in [-0.2, 0) is 0 Å². The maximum Gasteiger partial charge on any atom is 0.270 e. The van der Waals surface area contributed by atoms with E-state index in [0.29, 0.717) is 16.8 Å². The molecule has 4 nitrogen and oxygen atoms in total. The second kappa shape index (κ2) is 6.98. The van der Waals surface area contributed by atoms with E-state index in [-0.39, 0.29) is 5.91 Å². The first kappa shape index (κ1) is 16.3. The first-order valence-electron chi connectivity index (χ1n) is 8.61. The molecule has 0 bridgehead atoms. The fourth-order valence-electron chi connectivity index (χ4n) is 3.78. The summed E-state index contributed by atoms with van der Waals surface area (Å²) in [5, 5.41) is 1.60. The monoisotopic (exact) mass is 363 g/mol. The predicted octanol–water partition coefficient (Wildman–Crippen LogP) is 3.47. The van der Waals surface area contributed by atoms with Gasteiger partial charge in [-0.05, 0) is 31.0 Å². The number of aromatic nitrogens is 1. The number of benzene rings is 1. The van der Waals surface area contributed by atoms with Crippen molar-refractivity contribution in [3.8, 4) is 0 Å². The summed E-state index contributed by atoms with van der Waals surface area (Å²) < 4.78 is 0. The minimum atomic E-state index is 0.0925. The maximum atomic E-state index is 12.8. The largest absolute Gasteiger partial charge is 0.350 e. The number of piperidine rings is 1. The summed E-state index contributed by atoms with van der Waals surface area (Å²) in [7, 11) is 0. The number of likely N-dealkylation sites (tertiary alicyclic amines) is 1. The van der Waals surface area contributed by atoms with Gasteiger partial charge in [0.25, 0.3) is 5.91 Å². The quantitative estimate of drug-likeness (QED) is 0.887. The number of carbonyl (C=O) groups is 1. The van der Waals surface area contributed by atoms with Crippen molar-refractivity contribution >= 4 is 40.2 Å². The van der Waals surface area contributed by atoms with Crippen LogP contribution in [-0.4, -0.2) is 64.4 Å². The molecule has 6 heteroatoms. The minimum Gasteiger partial charge on any atom is -0.350 e. The number of hydrogen-bond acceptors (Lipinski definition) is 3. The molecule has 24 heavy (non-hydrogen) atoms. The first-order valence-corrected chi connectivity index (χ1v) is 10.1. The fourth-order valence-corrected chi connectivity index (χ4v) is 4.94. The summed E-state index contributed by atoms with van der Waals surface area (Å²) in [5.41, 5.74) is 1.57. The SMILES string of the molecule is O=C(c1cc2c(Cl)cccc2[nH]1)N1CCC(N2CCSCC2)CC1. The molecule has 1 aromatic heterocycles. The number of amides is 1. The third-order valence-corrected chi connectivity index (χ3v) is 6.43. The van der Waals surface area contributed by atoms with Crippen LogP contribution in [0.4, 0.5) is 0 Å². The summed E-state index contributed by atoms with van der Waals surface area (Å²) in [5.74, 6) is 2.58. The van der Waals surface area contributed by atoms with E-state index < -0.39 is 0 Å². The molecule has 0 unspecified atom stereocenters. The van der Waals surface area contributed by atoms with Crippen LogP contribution in [0.3, 0.4) is 0 Å². The Labute approximate surface area is 151 Å². The van der Waals surface area contributed by atoms with Crippen molar-refractivity contribution in [3.05, 3.63) is 35.0 Å². The van der Waals surface area contributed by atoms with E-state index >= 15 is 0 Å². The van der Waals surface area contributed by atoms with Crippen LogP contribution in [0.15, 0.2) is 24.3 Å². The Balaban J connectivity index is 1.42. The molecule has 1 N–H and O–H groups in total. The van der Waals surface area contributed by atoms with Gasteiger partial charge in [-0.3, -0.25) is 9.69 Å². The number of hydrogen-bond donors (Lipinski definition) is 1. The van der Waals surface area contributed by atoms with Gasteiger partial charge in [0, 0.05) is 59.7 Å². The third-order valence-electron chi connectivity index (χ3n) is 5.16. The summed E-state index contributed by atoms with van der Waals surface area (Å²) in [6, 6.07) is 8.24. The van der Waals surface area contributed by atoms with E-state index in [1.165, 1.54) is 24.6 Å². The lowest BCUT2D eigenvalue weighted by atomic mass is 10.0. The Hall–Kier alpha value is -1.17. The maximum absolute atomic E-state index is 12.8. The number of rotatable bonds is 2. The highest BCUT2D eigenvalue weighted by Crippen LogP contribution is 2.26. The standard InChI is InChI=1S/C18H22ClN3OS/c19-15-2-1-3-16-14(15)12-17(20-16)18(23)22-6-4-13(5-7-22)21-8-10-24-11-9-21/h1-3,12-13,20H,4-11H2. The molecule has 0 radical (unpaired) electrons. The summed E-state index contributed by atoms with van der Waals surface area (Å²) in [6.07, 6.45) is 2.16. The van der Waals surface area contributed by atoms with E-state index in [2.05, 4.69) is 9.88 Å². The zero-order chi connectivity index (χ0) is 16.5. The van der Waals surface area contributed by atoms with Crippen LogP contribution in [0, 0.1) is 0 Å². The number of carbonyl (C=O) groups excluding carboxylic acids is 1. The number of fused-ring (bicyclic) bond motifs is 1. The van der Waals surface area contributed by atoms with Crippen LogP contribution >= 0.6 is 23.4 Å². The van der Waals surface area contributed by atoms with Crippen molar-refractivity contribution in [1.29, 1.82) is 0 Å². The van der Waals surface area contributed by atoms with Gasteiger partial charge >= 0.3 is 0 Å². The van der Waals surface area contributed by atoms with Gasteiger partial charge < -0.3 is 9.88 Å². The number of aromatic amines is 1. The van der Waals surface area contributed by atoms with Crippen molar-refractivity contribution < 1.29 is 4.79 Å². The zero-order valence-corrected chi connectivity index (χ0v) is 15.2. The highest BCUT2D eigenvalue weighted by Gasteiger charge is 2.28. The zero-order valence-electron chi connectivity index (χ0n) is 13.6. The van der Waals surface area contributed by atoms with Crippen molar-refractivity contribution in [1.82, 2.24) is 14.8 Å². The molecule has 0 spiro atoms. The molecule has 0 aliphatic carbocycles. The van der Waals surface area contributed by atoms with Crippen LogP contribution in [0.25, 0.3) is 10.9 Å². The lowest BCUT2D eigenvalue weighted by Crippen LogP contribution is -2.49. The number of nitrogens with one attached hydrogen (secondary N) is 1. The van der Waals surface area contributed by atoms with Gasteiger partial charge in [0.1, 0.15) is 5.69 Å². The van der Waals surface area contributed by atoms with E-state index in [1.807, 2.05) is 40.9 Å². The van der Waals surface area contributed by atoms with Crippen molar-refractivity contribution in [3.63, 3.8) is 0 Å². The summed E-state index contributed by atoms with van der Waals surface area (Å²) in [4.78, 5) is 20.6. The second-order valence-electron chi connectivity index (χ2n) is 6.56. The third kappa shape index (κ3) is 3.17. The van der Waals surface area contributed by atoms with E-state index in [0.717, 1.165) is 36.8 Å². The van der Waals surface area contributed by atoms with Gasteiger partial charge in [-0.25, -0.2) is 0 Å². The van der Waals surface area contributed by atoms with Gasteiger partial charge in [0.2, 0.25) is 0 Å². The first-order chi connectivity index (χ1) is 11.7. The van der Waals surface area contributed by atoms with Crippen molar-refractivity contribution in [2.24, 2.45) is 0 Å². The van der Waals surface area contributed by atoms with E-state index in [4.69, 9.17) is 11.6 Å². The molecule has 1 aromatic carbocycles. The van der Waals surface area contributed by atoms with E-state index in [9.17, 15) is 4.79 Å². The van der Waals surface area contributed by atoms with Crippen LogP contribution in [0.5, 0.6) is 0 Å². The number of halogens is 1. The Morgan fingerprint density at radius 3 is 2.62 bits per heavy atom. The average Bonchev–Trinajstić information content (AvgIpc) is 3.08. The fraction of sp³-hybridized carbons (Fsp3) is 0.500. The molecule has 2 aliphatic heterocycles. The van der Waals surface area contributed by atoms with Crippen molar-refractivity contribution in [2.45, 2.75) is 18.9 Å². The summed E-state index contributed by atoms with van der Waals surface area (Å²) in [6.45, 7) is 4.08.